The van der Waals surface area contributed by atoms with Crippen molar-refractivity contribution in [2.24, 2.45) is 0 Å². The van der Waals surface area contributed by atoms with E-state index in [4.69, 9.17) is 4.74 Å². The first-order valence-corrected chi connectivity index (χ1v) is 9.76. The van der Waals surface area contributed by atoms with Gasteiger partial charge in [0, 0.05) is 6.54 Å². The molecule has 3 aromatic rings. The number of rotatable bonds is 7. The summed E-state index contributed by atoms with van der Waals surface area (Å²) in [5, 5.41) is 3.59. The Hall–Kier alpha value is -2.80. The molecule has 6 nitrogen and oxygen atoms in total. The lowest BCUT2D eigenvalue weighted by Gasteiger charge is -2.10. The van der Waals surface area contributed by atoms with E-state index in [1.807, 2.05) is 31.2 Å². The predicted molar refractivity (Wildman–Crippen MR) is 107 cm³/mol. The molecule has 0 saturated carbocycles. The van der Waals surface area contributed by atoms with E-state index in [9.17, 15) is 9.59 Å². The van der Waals surface area contributed by atoms with Crippen molar-refractivity contribution < 1.29 is 14.3 Å². The number of hydrogen-bond acceptors (Lipinski definition) is 5. The molecular weight excluding hydrogens is 362 g/mol. The lowest BCUT2D eigenvalue weighted by Crippen LogP contribution is -2.17. The number of para-hydroxylation sites is 3. The van der Waals surface area contributed by atoms with Crippen LogP contribution in [0.4, 0.5) is 5.69 Å². The second-order valence-electron chi connectivity index (χ2n) is 5.73. The van der Waals surface area contributed by atoms with Crippen LogP contribution in [0.15, 0.2) is 53.7 Å². The van der Waals surface area contributed by atoms with Crippen LogP contribution in [0.2, 0.25) is 0 Å². The second kappa shape index (κ2) is 8.73. The van der Waals surface area contributed by atoms with Crippen LogP contribution >= 0.6 is 11.8 Å². The average Bonchev–Trinajstić information content (AvgIpc) is 3.04. The number of aromatic nitrogens is 2. The first kappa shape index (κ1) is 19.0. The number of carbonyl (C=O) groups is 2. The number of aryl methyl sites for hydroxylation is 1. The number of esters is 1. The molecule has 0 saturated heterocycles. The van der Waals surface area contributed by atoms with Crippen molar-refractivity contribution in [2.45, 2.75) is 25.5 Å². The number of fused-ring (bicyclic) bond motifs is 1. The summed E-state index contributed by atoms with van der Waals surface area (Å²) in [4.78, 5) is 29.0. The zero-order valence-electron chi connectivity index (χ0n) is 15.3. The molecule has 2 aromatic carbocycles. The summed E-state index contributed by atoms with van der Waals surface area (Å²) >= 11 is 1.37. The standard InChI is InChI=1S/C20H21N3O3S/c1-3-23-17-12-8-7-11-16(17)22-20(23)27-13-18(24)21-15-10-6-5-9-14(15)19(25)26-4-2/h5-12H,3-4,13H2,1-2H3,(H,21,24). The van der Waals surface area contributed by atoms with Crippen molar-refractivity contribution in [3.05, 3.63) is 54.1 Å². The maximum atomic E-state index is 12.4. The maximum Gasteiger partial charge on any atom is 0.340 e. The highest BCUT2D eigenvalue weighted by Gasteiger charge is 2.15. The van der Waals surface area contributed by atoms with Crippen molar-refractivity contribution in [2.75, 3.05) is 17.7 Å². The molecule has 7 heteroatoms. The number of benzene rings is 2. The molecule has 0 aliphatic carbocycles. The zero-order chi connectivity index (χ0) is 19.2. The zero-order valence-corrected chi connectivity index (χ0v) is 16.1. The molecule has 1 aromatic heterocycles. The van der Waals surface area contributed by atoms with E-state index in [0.29, 0.717) is 11.3 Å². The molecule has 3 rings (SSSR count). The quantitative estimate of drug-likeness (QED) is 0.494. The molecule has 0 aliphatic heterocycles. The van der Waals surface area contributed by atoms with Gasteiger partial charge in [-0.15, -0.1) is 0 Å². The van der Waals surface area contributed by atoms with Gasteiger partial charge in [0.05, 0.1) is 34.6 Å². The molecule has 0 bridgehead atoms. The van der Waals surface area contributed by atoms with Crippen molar-refractivity contribution in [1.82, 2.24) is 9.55 Å². The highest BCUT2D eigenvalue weighted by atomic mass is 32.2. The molecule has 0 unspecified atom stereocenters. The third-order valence-electron chi connectivity index (χ3n) is 3.96. The normalized spacial score (nSPS) is 10.7. The van der Waals surface area contributed by atoms with Gasteiger partial charge < -0.3 is 14.6 Å². The smallest absolute Gasteiger partial charge is 0.340 e. The number of carbonyl (C=O) groups excluding carboxylic acids is 2. The number of thioether (sulfide) groups is 1. The lowest BCUT2D eigenvalue weighted by atomic mass is 10.2. The van der Waals surface area contributed by atoms with Crippen LogP contribution in [0.1, 0.15) is 24.2 Å². The first-order valence-electron chi connectivity index (χ1n) is 8.78. The minimum Gasteiger partial charge on any atom is -0.462 e. The Labute approximate surface area is 161 Å². The van der Waals surface area contributed by atoms with Gasteiger partial charge in [0.2, 0.25) is 5.91 Å². The van der Waals surface area contributed by atoms with Gasteiger partial charge in [-0.3, -0.25) is 4.79 Å². The maximum absolute atomic E-state index is 12.4. The van der Waals surface area contributed by atoms with Crippen LogP contribution < -0.4 is 5.32 Å². The Morgan fingerprint density at radius 2 is 1.85 bits per heavy atom. The fraction of sp³-hybridized carbons (Fsp3) is 0.250. The van der Waals surface area contributed by atoms with Crippen molar-refractivity contribution in [3.63, 3.8) is 0 Å². The Balaban J connectivity index is 1.70. The van der Waals surface area contributed by atoms with E-state index < -0.39 is 5.97 Å². The van der Waals surface area contributed by atoms with Crippen LogP contribution in [0, 0.1) is 0 Å². The molecule has 140 valence electrons. The van der Waals surface area contributed by atoms with E-state index in [1.165, 1.54) is 11.8 Å². The first-order chi connectivity index (χ1) is 13.1. The van der Waals surface area contributed by atoms with Crippen molar-refractivity contribution in [3.8, 4) is 0 Å². The molecule has 0 spiro atoms. The lowest BCUT2D eigenvalue weighted by molar-refractivity contribution is -0.113. The molecule has 1 amide bonds. The summed E-state index contributed by atoms with van der Waals surface area (Å²) in [5.41, 5.74) is 2.76. The highest BCUT2D eigenvalue weighted by Crippen LogP contribution is 2.24. The molecule has 1 N–H and O–H groups in total. The summed E-state index contributed by atoms with van der Waals surface area (Å²) < 4.78 is 7.12. The number of hydrogen-bond donors (Lipinski definition) is 1. The minimum atomic E-state index is -0.450. The molecule has 1 heterocycles. The van der Waals surface area contributed by atoms with Crippen molar-refractivity contribution >= 4 is 40.4 Å². The number of imidazole rings is 1. The summed E-state index contributed by atoms with van der Waals surface area (Å²) in [6.45, 7) is 4.85. The summed E-state index contributed by atoms with van der Waals surface area (Å²) in [7, 11) is 0. The SMILES string of the molecule is CCOC(=O)c1ccccc1NC(=O)CSc1nc2ccccc2n1CC. The molecule has 0 radical (unpaired) electrons. The van der Waals surface area contributed by atoms with E-state index in [1.54, 1.807) is 31.2 Å². The number of nitrogens with zero attached hydrogens (tertiary/aromatic N) is 2. The van der Waals surface area contributed by atoms with Crippen LogP contribution in [0.3, 0.4) is 0 Å². The summed E-state index contributed by atoms with van der Waals surface area (Å²) in [5.74, 6) is -0.458. The van der Waals surface area contributed by atoms with Gasteiger partial charge in [0.25, 0.3) is 0 Å². The van der Waals surface area contributed by atoms with Crippen molar-refractivity contribution in [1.29, 1.82) is 0 Å². The van der Waals surface area contributed by atoms with Crippen LogP contribution in [-0.4, -0.2) is 33.8 Å². The van der Waals surface area contributed by atoms with E-state index in [-0.39, 0.29) is 18.3 Å². The van der Waals surface area contributed by atoms with E-state index in [2.05, 4.69) is 14.9 Å². The number of anilines is 1. The summed E-state index contributed by atoms with van der Waals surface area (Å²) in [6.07, 6.45) is 0. The summed E-state index contributed by atoms with van der Waals surface area (Å²) in [6, 6.07) is 14.7. The van der Waals surface area contributed by atoms with Gasteiger partial charge in [-0.05, 0) is 38.1 Å². The largest absolute Gasteiger partial charge is 0.462 e. The molecule has 0 atom stereocenters. The number of nitrogens with one attached hydrogen (secondary N) is 1. The van der Waals surface area contributed by atoms with Gasteiger partial charge in [-0.1, -0.05) is 36.0 Å². The Bertz CT molecular complexity index is 968. The third kappa shape index (κ3) is 4.31. The van der Waals surface area contributed by atoms with Gasteiger partial charge in [-0.2, -0.15) is 0 Å². The van der Waals surface area contributed by atoms with Gasteiger partial charge >= 0.3 is 5.97 Å². The Morgan fingerprint density at radius 1 is 1.11 bits per heavy atom. The van der Waals surface area contributed by atoms with Gasteiger partial charge in [0.15, 0.2) is 5.16 Å². The second-order valence-corrected chi connectivity index (χ2v) is 6.67. The topological polar surface area (TPSA) is 73.2 Å². The molecule has 0 aliphatic rings. The molecule has 27 heavy (non-hydrogen) atoms. The molecule has 0 fully saturated rings. The molecular formula is C20H21N3O3S. The predicted octanol–water partition coefficient (Wildman–Crippen LogP) is 3.96. The van der Waals surface area contributed by atoms with Crippen LogP contribution in [-0.2, 0) is 16.1 Å². The fourth-order valence-corrected chi connectivity index (χ4v) is 3.64. The van der Waals surface area contributed by atoms with E-state index >= 15 is 0 Å². The fourth-order valence-electron chi connectivity index (χ4n) is 2.76. The van der Waals surface area contributed by atoms with Gasteiger partial charge in [-0.25, -0.2) is 9.78 Å². The minimum absolute atomic E-state index is 0.195. The highest BCUT2D eigenvalue weighted by molar-refractivity contribution is 7.99. The average molecular weight is 383 g/mol. The number of ether oxygens (including phenoxy) is 1. The Morgan fingerprint density at radius 3 is 2.63 bits per heavy atom. The van der Waals surface area contributed by atoms with Crippen LogP contribution in [0.5, 0.6) is 0 Å². The third-order valence-corrected chi connectivity index (χ3v) is 4.94. The monoisotopic (exact) mass is 383 g/mol. The van der Waals surface area contributed by atoms with Crippen LogP contribution in [0.25, 0.3) is 11.0 Å². The van der Waals surface area contributed by atoms with Gasteiger partial charge in [0.1, 0.15) is 0 Å². The number of amides is 1. The van der Waals surface area contributed by atoms with E-state index in [0.717, 1.165) is 22.7 Å². The Kier molecular flexibility index (Phi) is 6.13.